The van der Waals surface area contributed by atoms with Gasteiger partial charge in [-0.15, -0.1) is 0 Å². The van der Waals surface area contributed by atoms with Gasteiger partial charge in [0, 0.05) is 12.1 Å². The summed E-state index contributed by atoms with van der Waals surface area (Å²) in [6, 6.07) is 0. The van der Waals surface area contributed by atoms with Crippen molar-refractivity contribution in [2.24, 2.45) is 11.1 Å². The van der Waals surface area contributed by atoms with E-state index in [1.165, 1.54) is 64.3 Å². The fourth-order valence-electron chi connectivity index (χ4n) is 4.18. The summed E-state index contributed by atoms with van der Waals surface area (Å²) in [5, 5.41) is 0. The van der Waals surface area contributed by atoms with Crippen LogP contribution < -0.4 is 5.73 Å². The minimum Gasteiger partial charge on any atom is -0.329 e. The lowest BCUT2D eigenvalue weighted by atomic mass is 9.66. The lowest BCUT2D eigenvalue weighted by Crippen LogP contribution is -2.55. The summed E-state index contributed by atoms with van der Waals surface area (Å²) in [5.74, 6) is 0. The van der Waals surface area contributed by atoms with Gasteiger partial charge in [0.1, 0.15) is 0 Å². The summed E-state index contributed by atoms with van der Waals surface area (Å²) < 4.78 is 0. The smallest absolute Gasteiger partial charge is 0.0329 e. The quantitative estimate of drug-likeness (QED) is 0.815. The van der Waals surface area contributed by atoms with Gasteiger partial charge < -0.3 is 5.73 Å². The molecular formula is C15H30N2. The van der Waals surface area contributed by atoms with Crippen LogP contribution in [-0.4, -0.2) is 30.6 Å². The zero-order valence-electron chi connectivity index (χ0n) is 11.8. The van der Waals surface area contributed by atoms with E-state index in [1.807, 2.05) is 0 Å². The van der Waals surface area contributed by atoms with E-state index in [-0.39, 0.29) is 0 Å². The average Bonchev–Trinajstić information content (AvgIpc) is 2.80. The van der Waals surface area contributed by atoms with Gasteiger partial charge in [0.25, 0.3) is 0 Å². The molecule has 2 nitrogen and oxygen atoms in total. The van der Waals surface area contributed by atoms with Gasteiger partial charge in [-0.1, -0.05) is 19.8 Å². The normalized spacial score (nSPS) is 26.8. The molecule has 0 amide bonds. The summed E-state index contributed by atoms with van der Waals surface area (Å²) in [5.41, 5.74) is 7.17. The second kappa shape index (κ2) is 5.27. The second-order valence-electron chi connectivity index (χ2n) is 6.56. The van der Waals surface area contributed by atoms with E-state index in [9.17, 15) is 0 Å². The van der Waals surface area contributed by atoms with Crippen molar-refractivity contribution in [1.82, 2.24) is 4.90 Å². The highest BCUT2D eigenvalue weighted by Crippen LogP contribution is 2.52. The lowest BCUT2D eigenvalue weighted by Gasteiger charge is -2.49. The Balaban J connectivity index is 1.98. The van der Waals surface area contributed by atoms with Crippen molar-refractivity contribution in [1.29, 1.82) is 0 Å². The average molecular weight is 238 g/mol. The molecule has 0 aliphatic heterocycles. The Morgan fingerprint density at radius 3 is 2.06 bits per heavy atom. The third-order valence-electron chi connectivity index (χ3n) is 5.65. The summed E-state index contributed by atoms with van der Waals surface area (Å²) in [6.45, 7) is 4.31. The Labute approximate surface area is 107 Å². The molecule has 0 radical (unpaired) electrons. The van der Waals surface area contributed by atoms with Crippen LogP contribution in [0.5, 0.6) is 0 Å². The maximum atomic E-state index is 6.11. The van der Waals surface area contributed by atoms with Gasteiger partial charge in [0.05, 0.1) is 0 Å². The number of likely N-dealkylation sites (N-methyl/N-ethyl adjacent to an activating group) is 1. The van der Waals surface area contributed by atoms with Crippen LogP contribution >= 0.6 is 0 Å². The molecule has 2 aliphatic carbocycles. The highest BCUT2D eigenvalue weighted by atomic mass is 15.2. The topological polar surface area (TPSA) is 29.3 Å². The molecule has 0 heterocycles. The predicted octanol–water partition coefficient (Wildman–Crippen LogP) is 3.16. The first kappa shape index (κ1) is 13.4. The number of nitrogens with zero attached hydrogens (tertiary/aromatic N) is 1. The van der Waals surface area contributed by atoms with E-state index < -0.39 is 0 Å². The van der Waals surface area contributed by atoms with Crippen molar-refractivity contribution in [3.8, 4) is 0 Å². The van der Waals surface area contributed by atoms with Crippen LogP contribution in [0.3, 0.4) is 0 Å². The molecule has 0 unspecified atom stereocenters. The molecule has 100 valence electrons. The van der Waals surface area contributed by atoms with E-state index in [1.54, 1.807) is 0 Å². The third-order valence-corrected chi connectivity index (χ3v) is 5.65. The molecule has 0 saturated heterocycles. The summed E-state index contributed by atoms with van der Waals surface area (Å²) in [6.07, 6.45) is 12.7. The predicted molar refractivity (Wildman–Crippen MR) is 74.1 cm³/mol. The van der Waals surface area contributed by atoms with Crippen molar-refractivity contribution in [2.75, 3.05) is 20.1 Å². The van der Waals surface area contributed by atoms with Crippen molar-refractivity contribution in [3.05, 3.63) is 0 Å². The number of nitrogens with two attached hydrogens (primary N) is 1. The fraction of sp³-hybridized carbons (Fsp3) is 1.00. The van der Waals surface area contributed by atoms with Crippen LogP contribution in [0.1, 0.15) is 64.7 Å². The molecular weight excluding hydrogens is 208 g/mol. The molecule has 2 heteroatoms. The largest absolute Gasteiger partial charge is 0.329 e. The van der Waals surface area contributed by atoms with Crippen LogP contribution in [0.2, 0.25) is 0 Å². The highest BCUT2D eigenvalue weighted by Gasteiger charge is 2.44. The highest BCUT2D eigenvalue weighted by molar-refractivity contribution is 5.00. The Bertz CT molecular complexity index is 233. The molecule has 0 aromatic carbocycles. The first-order valence-electron chi connectivity index (χ1n) is 7.58. The summed E-state index contributed by atoms with van der Waals surface area (Å²) in [4.78, 5) is 2.55. The molecule has 1 spiro atoms. The zero-order valence-corrected chi connectivity index (χ0v) is 11.8. The Hall–Kier alpha value is -0.0800. The van der Waals surface area contributed by atoms with Crippen LogP contribution in [0.15, 0.2) is 0 Å². The molecule has 2 rings (SSSR count). The van der Waals surface area contributed by atoms with E-state index in [0.717, 1.165) is 12.0 Å². The summed E-state index contributed by atoms with van der Waals surface area (Å²) >= 11 is 0. The van der Waals surface area contributed by atoms with E-state index in [4.69, 9.17) is 5.73 Å². The molecule has 0 aromatic rings. The lowest BCUT2D eigenvalue weighted by molar-refractivity contribution is 0.0307. The minimum absolute atomic E-state index is 0.323. The molecule has 0 atom stereocenters. The molecule has 0 bridgehead atoms. The Morgan fingerprint density at radius 1 is 1.00 bits per heavy atom. The third kappa shape index (κ3) is 2.53. The summed E-state index contributed by atoms with van der Waals surface area (Å²) in [7, 11) is 2.28. The number of hydrogen-bond donors (Lipinski definition) is 1. The van der Waals surface area contributed by atoms with Crippen molar-refractivity contribution in [3.63, 3.8) is 0 Å². The maximum absolute atomic E-state index is 6.11. The second-order valence-corrected chi connectivity index (χ2v) is 6.56. The molecule has 2 fully saturated rings. The van der Waals surface area contributed by atoms with Gasteiger partial charge in [0.15, 0.2) is 0 Å². The molecule has 17 heavy (non-hydrogen) atoms. The van der Waals surface area contributed by atoms with Gasteiger partial charge in [-0.25, -0.2) is 0 Å². The first-order chi connectivity index (χ1) is 8.16. The van der Waals surface area contributed by atoms with E-state index in [0.29, 0.717) is 5.54 Å². The van der Waals surface area contributed by atoms with Gasteiger partial charge in [0.2, 0.25) is 0 Å². The minimum atomic E-state index is 0.323. The number of hydrogen-bond acceptors (Lipinski definition) is 2. The number of rotatable bonds is 4. The van der Waals surface area contributed by atoms with Crippen molar-refractivity contribution >= 4 is 0 Å². The van der Waals surface area contributed by atoms with Crippen LogP contribution in [0.25, 0.3) is 0 Å². The molecule has 2 N–H and O–H groups in total. The van der Waals surface area contributed by atoms with Gasteiger partial charge >= 0.3 is 0 Å². The Kier molecular flexibility index (Phi) is 4.14. The maximum Gasteiger partial charge on any atom is 0.0329 e. The van der Waals surface area contributed by atoms with Gasteiger partial charge in [-0.05, 0) is 64.0 Å². The zero-order chi connectivity index (χ0) is 12.4. The van der Waals surface area contributed by atoms with E-state index >= 15 is 0 Å². The molecule has 2 aliphatic rings. The van der Waals surface area contributed by atoms with Crippen molar-refractivity contribution < 1.29 is 0 Å². The molecule has 2 saturated carbocycles. The van der Waals surface area contributed by atoms with Crippen molar-refractivity contribution in [2.45, 2.75) is 70.3 Å². The van der Waals surface area contributed by atoms with E-state index in [2.05, 4.69) is 18.9 Å². The molecule has 0 aromatic heterocycles. The first-order valence-corrected chi connectivity index (χ1v) is 7.58. The van der Waals surface area contributed by atoms with Crippen LogP contribution in [-0.2, 0) is 0 Å². The van der Waals surface area contributed by atoms with Gasteiger partial charge in [-0.2, -0.15) is 0 Å². The monoisotopic (exact) mass is 238 g/mol. The Morgan fingerprint density at radius 2 is 1.59 bits per heavy atom. The SMILES string of the molecule is CCCN(C)C1(CN)CCC2(CCCC2)CC1. The van der Waals surface area contributed by atoms with Crippen LogP contribution in [0, 0.1) is 5.41 Å². The fourth-order valence-corrected chi connectivity index (χ4v) is 4.18. The standard InChI is InChI=1S/C15H30N2/c1-3-12-17(2)15(13-16)10-8-14(9-11-15)6-4-5-7-14/h3-13,16H2,1-2H3. The van der Waals surface area contributed by atoms with Gasteiger partial charge in [-0.3, -0.25) is 4.90 Å². The van der Waals surface area contributed by atoms with Crippen LogP contribution in [0.4, 0.5) is 0 Å².